The number of nitrogens with one attached hydrogen (secondary N) is 2. The lowest BCUT2D eigenvalue weighted by Gasteiger charge is -2.17. The van der Waals surface area contributed by atoms with E-state index in [2.05, 4.69) is 28.6 Å². The molecule has 1 saturated carbocycles. The minimum absolute atomic E-state index is 0. The fourth-order valence-electron chi connectivity index (χ4n) is 2.64. The number of halogens is 1. The van der Waals surface area contributed by atoms with Crippen LogP contribution >= 0.6 is 24.0 Å². The van der Waals surface area contributed by atoms with Gasteiger partial charge in [0.2, 0.25) is 0 Å². The Morgan fingerprint density at radius 3 is 2.68 bits per heavy atom. The Labute approximate surface area is 151 Å². The van der Waals surface area contributed by atoms with Gasteiger partial charge in [0.1, 0.15) is 5.75 Å². The maximum absolute atomic E-state index is 5.79. The molecule has 1 aromatic carbocycles. The average Bonchev–Trinajstić information content (AvgIpc) is 3.00. The lowest BCUT2D eigenvalue weighted by Crippen LogP contribution is -2.42. The van der Waals surface area contributed by atoms with Crippen molar-refractivity contribution in [2.45, 2.75) is 45.1 Å². The Morgan fingerprint density at radius 1 is 1.27 bits per heavy atom. The molecule has 0 heterocycles. The molecule has 0 bridgehead atoms. The molecule has 0 unspecified atom stereocenters. The largest absolute Gasteiger partial charge is 0.493 e. The van der Waals surface area contributed by atoms with Crippen LogP contribution in [0.1, 0.15) is 37.7 Å². The van der Waals surface area contributed by atoms with E-state index in [4.69, 9.17) is 4.74 Å². The van der Waals surface area contributed by atoms with Gasteiger partial charge in [0.15, 0.2) is 5.96 Å². The number of hydrogen-bond donors (Lipinski definition) is 2. The van der Waals surface area contributed by atoms with E-state index in [0.717, 1.165) is 31.3 Å². The fourth-order valence-corrected chi connectivity index (χ4v) is 2.64. The highest BCUT2D eigenvalue weighted by Crippen LogP contribution is 2.17. The second kappa shape index (κ2) is 10.7. The fraction of sp³-hybridized carbons (Fsp3) is 0.588. The van der Waals surface area contributed by atoms with Crippen molar-refractivity contribution in [2.75, 3.05) is 20.2 Å². The van der Waals surface area contributed by atoms with Crippen LogP contribution in [0.2, 0.25) is 0 Å². The molecule has 0 radical (unpaired) electrons. The van der Waals surface area contributed by atoms with E-state index in [1.54, 1.807) is 0 Å². The lowest BCUT2D eigenvalue weighted by molar-refractivity contribution is 0.309. The van der Waals surface area contributed by atoms with E-state index in [-0.39, 0.29) is 24.0 Å². The van der Waals surface area contributed by atoms with Crippen molar-refractivity contribution in [3.8, 4) is 5.75 Å². The van der Waals surface area contributed by atoms with Crippen LogP contribution in [0.4, 0.5) is 0 Å². The van der Waals surface area contributed by atoms with Gasteiger partial charge in [0, 0.05) is 19.6 Å². The molecular formula is C17H28IN3O. The van der Waals surface area contributed by atoms with Crippen LogP contribution in [-0.2, 0) is 0 Å². The second-order valence-corrected chi connectivity index (χ2v) is 5.59. The van der Waals surface area contributed by atoms with Gasteiger partial charge in [0.25, 0.3) is 0 Å². The molecule has 1 aliphatic carbocycles. The minimum Gasteiger partial charge on any atom is -0.493 e. The standard InChI is InChI=1S/C17H27N3O.HI/c1-14-8-3-6-11-16(14)21-13-7-12-19-17(18-2)20-15-9-4-5-10-15;/h3,6,8,11,15H,4-5,7,9-10,12-13H2,1-2H3,(H2,18,19,20);1H. The highest BCUT2D eigenvalue weighted by atomic mass is 127. The summed E-state index contributed by atoms with van der Waals surface area (Å²) in [5.41, 5.74) is 1.18. The van der Waals surface area contributed by atoms with Gasteiger partial charge < -0.3 is 15.4 Å². The highest BCUT2D eigenvalue weighted by molar-refractivity contribution is 14.0. The smallest absolute Gasteiger partial charge is 0.191 e. The Hall–Kier alpha value is -0.980. The zero-order valence-corrected chi connectivity index (χ0v) is 15.9. The van der Waals surface area contributed by atoms with Crippen LogP contribution < -0.4 is 15.4 Å². The Kier molecular flexibility index (Phi) is 9.27. The second-order valence-electron chi connectivity index (χ2n) is 5.59. The summed E-state index contributed by atoms with van der Waals surface area (Å²) in [5, 5.41) is 6.84. The van der Waals surface area contributed by atoms with Gasteiger partial charge in [-0.05, 0) is 37.8 Å². The van der Waals surface area contributed by atoms with E-state index in [1.165, 1.54) is 31.2 Å². The van der Waals surface area contributed by atoms with E-state index in [0.29, 0.717) is 6.04 Å². The number of benzene rings is 1. The van der Waals surface area contributed by atoms with Gasteiger partial charge in [-0.3, -0.25) is 4.99 Å². The average molecular weight is 417 g/mol. The normalized spacial score (nSPS) is 15.3. The number of para-hydroxylation sites is 1. The van der Waals surface area contributed by atoms with Crippen molar-refractivity contribution >= 4 is 29.9 Å². The monoisotopic (exact) mass is 417 g/mol. The molecule has 0 spiro atoms. The van der Waals surface area contributed by atoms with Crippen molar-refractivity contribution in [2.24, 2.45) is 4.99 Å². The first kappa shape index (κ1) is 19.1. The molecule has 0 saturated heterocycles. The number of aryl methyl sites for hydroxylation is 1. The van der Waals surface area contributed by atoms with Crippen molar-refractivity contribution in [1.29, 1.82) is 0 Å². The third-order valence-electron chi connectivity index (χ3n) is 3.88. The van der Waals surface area contributed by atoms with Crippen LogP contribution in [0.25, 0.3) is 0 Å². The molecule has 0 aliphatic heterocycles. The summed E-state index contributed by atoms with van der Waals surface area (Å²) in [6.07, 6.45) is 6.14. The molecular weight excluding hydrogens is 389 g/mol. The van der Waals surface area contributed by atoms with Crippen molar-refractivity contribution < 1.29 is 4.74 Å². The van der Waals surface area contributed by atoms with Gasteiger partial charge in [-0.2, -0.15) is 0 Å². The summed E-state index contributed by atoms with van der Waals surface area (Å²) in [5.74, 6) is 1.89. The number of rotatable bonds is 6. The molecule has 1 aromatic rings. The van der Waals surface area contributed by atoms with E-state index >= 15 is 0 Å². The zero-order chi connectivity index (χ0) is 14.9. The van der Waals surface area contributed by atoms with Crippen LogP contribution in [0.3, 0.4) is 0 Å². The predicted octanol–water partition coefficient (Wildman–Crippen LogP) is 3.49. The van der Waals surface area contributed by atoms with E-state index in [1.807, 2.05) is 25.2 Å². The molecule has 2 N–H and O–H groups in total. The van der Waals surface area contributed by atoms with Gasteiger partial charge in [0.05, 0.1) is 6.61 Å². The van der Waals surface area contributed by atoms with Gasteiger partial charge in [-0.1, -0.05) is 31.0 Å². The number of nitrogens with zero attached hydrogens (tertiary/aromatic N) is 1. The Balaban J connectivity index is 0.00000242. The molecule has 4 nitrogen and oxygen atoms in total. The van der Waals surface area contributed by atoms with Crippen molar-refractivity contribution in [3.05, 3.63) is 29.8 Å². The van der Waals surface area contributed by atoms with E-state index < -0.39 is 0 Å². The quantitative estimate of drug-likeness (QED) is 0.323. The summed E-state index contributed by atoms with van der Waals surface area (Å²) in [4.78, 5) is 4.28. The molecule has 1 fully saturated rings. The summed E-state index contributed by atoms with van der Waals surface area (Å²) in [6, 6.07) is 8.72. The summed E-state index contributed by atoms with van der Waals surface area (Å²) in [6.45, 7) is 3.66. The van der Waals surface area contributed by atoms with Gasteiger partial charge in [-0.15, -0.1) is 24.0 Å². The number of ether oxygens (including phenoxy) is 1. The Bertz CT molecular complexity index is 459. The third-order valence-corrected chi connectivity index (χ3v) is 3.88. The Morgan fingerprint density at radius 2 is 2.00 bits per heavy atom. The molecule has 5 heteroatoms. The van der Waals surface area contributed by atoms with Crippen molar-refractivity contribution in [1.82, 2.24) is 10.6 Å². The van der Waals surface area contributed by atoms with Crippen molar-refractivity contribution in [3.63, 3.8) is 0 Å². The number of hydrogen-bond acceptors (Lipinski definition) is 2. The van der Waals surface area contributed by atoms with Gasteiger partial charge >= 0.3 is 0 Å². The van der Waals surface area contributed by atoms with Crippen LogP contribution in [0.5, 0.6) is 5.75 Å². The van der Waals surface area contributed by atoms with Crippen LogP contribution in [-0.4, -0.2) is 32.2 Å². The summed E-state index contributed by atoms with van der Waals surface area (Å²) < 4.78 is 5.79. The molecule has 0 aromatic heterocycles. The molecule has 22 heavy (non-hydrogen) atoms. The summed E-state index contributed by atoms with van der Waals surface area (Å²) in [7, 11) is 1.83. The maximum atomic E-state index is 5.79. The molecule has 1 aliphatic rings. The SMILES string of the molecule is CN=C(NCCCOc1ccccc1C)NC1CCCC1.I. The number of aliphatic imine (C=N–C) groups is 1. The first-order valence-electron chi connectivity index (χ1n) is 7.95. The molecule has 0 atom stereocenters. The molecule has 2 rings (SSSR count). The van der Waals surface area contributed by atoms with Crippen LogP contribution in [0.15, 0.2) is 29.3 Å². The predicted molar refractivity (Wildman–Crippen MR) is 103 cm³/mol. The highest BCUT2D eigenvalue weighted by Gasteiger charge is 2.15. The lowest BCUT2D eigenvalue weighted by atomic mass is 10.2. The first-order valence-corrected chi connectivity index (χ1v) is 7.95. The third kappa shape index (κ3) is 6.42. The van der Waals surface area contributed by atoms with E-state index in [9.17, 15) is 0 Å². The zero-order valence-electron chi connectivity index (χ0n) is 13.6. The van der Waals surface area contributed by atoms with Gasteiger partial charge in [-0.25, -0.2) is 0 Å². The summed E-state index contributed by atoms with van der Waals surface area (Å²) >= 11 is 0. The molecule has 124 valence electrons. The number of guanidine groups is 1. The first-order chi connectivity index (χ1) is 10.3. The van der Waals surface area contributed by atoms with Crippen LogP contribution in [0, 0.1) is 6.92 Å². The minimum atomic E-state index is 0. The molecule has 0 amide bonds. The topological polar surface area (TPSA) is 45.7 Å². The maximum Gasteiger partial charge on any atom is 0.191 e.